The average molecular weight is 292 g/mol. The lowest BCUT2D eigenvalue weighted by Crippen LogP contribution is -2.24. The Kier molecular flexibility index (Phi) is 3.51. The summed E-state index contributed by atoms with van der Waals surface area (Å²) < 4.78 is 66.2. The highest BCUT2D eigenvalue weighted by atomic mass is 19.4. The number of carbonyl (C=O) groups excluding carboxylic acids is 1. The van der Waals surface area contributed by atoms with E-state index in [0.717, 1.165) is 18.2 Å². The first-order chi connectivity index (χ1) is 9.27. The van der Waals surface area contributed by atoms with E-state index in [2.05, 4.69) is 14.7 Å². The van der Waals surface area contributed by atoms with Gasteiger partial charge in [0.15, 0.2) is 11.6 Å². The molecule has 2 aromatic rings. The molecule has 1 aromatic heterocycles. The molecule has 2 rings (SSSR count). The fourth-order valence-corrected chi connectivity index (χ4v) is 1.32. The van der Waals surface area contributed by atoms with Gasteiger partial charge in [-0.3, -0.25) is 4.79 Å². The van der Waals surface area contributed by atoms with Crippen LogP contribution < -0.4 is 0 Å². The standard InChI is InChI=1S/C11H5F5N2O2/c12-6-2-1-5(3-7(6)13)10-17-9(20-18-10)4-8(19)11(14,15)16/h1-3H,4H2. The van der Waals surface area contributed by atoms with Crippen LogP contribution in [0.5, 0.6) is 0 Å². The first-order valence-electron chi connectivity index (χ1n) is 5.15. The maximum Gasteiger partial charge on any atom is 0.450 e. The predicted octanol–water partition coefficient (Wildman–Crippen LogP) is 2.69. The number of nitrogens with zero attached hydrogens (tertiary/aromatic N) is 2. The van der Waals surface area contributed by atoms with Crippen LogP contribution in [0.25, 0.3) is 11.4 Å². The highest BCUT2D eigenvalue weighted by Gasteiger charge is 2.39. The summed E-state index contributed by atoms with van der Waals surface area (Å²) in [6.45, 7) is 0. The van der Waals surface area contributed by atoms with Crippen LogP contribution in [0.1, 0.15) is 5.89 Å². The zero-order valence-electron chi connectivity index (χ0n) is 9.54. The van der Waals surface area contributed by atoms with Gasteiger partial charge < -0.3 is 4.52 Å². The Balaban J connectivity index is 2.21. The van der Waals surface area contributed by atoms with Crippen LogP contribution >= 0.6 is 0 Å². The number of aromatic nitrogens is 2. The third kappa shape index (κ3) is 2.98. The maximum atomic E-state index is 13.0. The third-order valence-electron chi connectivity index (χ3n) is 2.27. The molecule has 0 saturated heterocycles. The first kappa shape index (κ1) is 14.1. The third-order valence-corrected chi connectivity index (χ3v) is 2.27. The number of rotatable bonds is 3. The van der Waals surface area contributed by atoms with Crippen LogP contribution in [-0.2, 0) is 11.2 Å². The van der Waals surface area contributed by atoms with Gasteiger partial charge in [0.1, 0.15) is 0 Å². The number of halogens is 5. The first-order valence-corrected chi connectivity index (χ1v) is 5.15. The zero-order chi connectivity index (χ0) is 14.9. The molecule has 0 amide bonds. The fraction of sp³-hybridized carbons (Fsp3) is 0.182. The van der Waals surface area contributed by atoms with Gasteiger partial charge in [-0.1, -0.05) is 5.16 Å². The van der Waals surface area contributed by atoms with Crippen LogP contribution in [0.3, 0.4) is 0 Å². The molecule has 0 aliphatic rings. The van der Waals surface area contributed by atoms with E-state index in [0.29, 0.717) is 0 Å². The molecule has 0 fully saturated rings. The van der Waals surface area contributed by atoms with Gasteiger partial charge in [-0.05, 0) is 18.2 Å². The molecule has 0 unspecified atom stereocenters. The fourth-order valence-electron chi connectivity index (χ4n) is 1.32. The number of hydrogen-bond acceptors (Lipinski definition) is 4. The van der Waals surface area contributed by atoms with Crippen molar-refractivity contribution in [2.24, 2.45) is 0 Å². The summed E-state index contributed by atoms with van der Waals surface area (Å²) in [6, 6.07) is 2.69. The van der Waals surface area contributed by atoms with Gasteiger partial charge in [-0.15, -0.1) is 0 Å². The molecular formula is C11H5F5N2O2. The molecule has 0 atom stereocenters. The Morgan fingerprint density at radius 2 is 1.90 bits per heavy atom. The molecule has 1 heterocycles. The van der Waals surface area contributed by atoms with E-state index in [1.807, 2.05) is 0 Å². The van der Waals surface area contributed by atoms with E-state index < -0.39 is 35.9 Å². The summed E-state index contributed by atoms with van der Waals surface area (Å²) in [7, 11) is 0. The Labute approximate surface area is 108 Å². The quantitative estimate of drug-likeness (QED) is 0.816. The number of ketones is 1. The Bertz CT molecular complexity index is 651. The SMILES string of the molecule is O=C(Cc1nc(-c2ccc(F)c(F)c2)no1)C(F)(F)F. The van der Waals surface area contributed by atoms with E-state index in [1.165, 1.54) is 0 Å². The number of hydrogen-bond donors (Lipinski definition) is 0. The van der Waals surface area contributed by atoms with Gasteiger partial charge in [0.2, 0.25) is 17.5 Å². The number of carbonyl (C=O) groups is 1. The number of Topliss-reactive ketones (excluding diaryl/α,β-unsaturated/α-hetero) is 1. The van der Waals surface area contributed by atoms with Gasteiger partial charge in [0.25, 0.3) is 0 Å². The van der Waals surface area contributed by atoms with Crippen molar-refractivity contribution in [3.8, 4) is 11.4 Å². The molecule has 9 heteroatoms. The Hall–Kier alpha value is -2.32. The van der Waals surface area contributed by atoms with Gasteiger partial charge in [-0.2, -0.15) is 18.2 Å². The molecule has 0 saturated carbocycles. The molecule has 0 aliphatic carbocycles. The van der Waals surface area contributed by atoms with Crippen LogP contribution in [0.4, 0.5) is 22.0 Å². The molecule has 4 nitrogen and oxygen atoms in total. The van der Waals surface area contributed by atoms with Crippen LogP contribution in [0, 0.1) is 11.6 Å². The summed E-state index contributed by atoms with van der Waals surface area (Å²) in [5.41, 5.74) is 0.0124. The number of alkyl halides is 3. The van der Waals surface area contributed by atoms with E-state index in [9.17, 15) is 26.7 Å². The van der Waals surface area contributed by atoms with E-state index in [-0.39, 0.29) is 11.4 Å². The topological polar surface area (TPSA) is 56.0 Å². The zero-order valence-corrected chi connectivity index (χ0v) is 9.54. The van der Waals surface area contributed by atoms with Gasteiger partial charge in [0.05, 0.1) is 6.42 Å². The van der Waals surface area contributed by atoms with E-state index >= 15 is 0 Å². The Morgan fingerprint density at radius 1 is 1.20 bits per heavy atom. The van der Waals surface area contributed by atoms with Crippen molar-refractivity contribution in [2.75, 3.05) is 0 Å². The molecule has 0 aliphatic heterocycles. The molecule has 0 bridgehead atoms. The lowest BCUT2D eigenvalue weighted by atomic mass is 10.2. The van der Waals surface area contributed by atoms with Crippen molar-refractivity contribution in [3.05, 3.63) is 35.7 Å². The van der Waals surface area contributed by atoms with Crippen LogP contribution in [0.15, 0.2) is 22.7 Å². The second kappa shape index (κ2) is 4.99. The normalized spacial score (nSPS) is 11.7. The lowest BCUT2D eigenvalue weighted by molar-refractivity contribution is -0.170. The predicted molar refractivity (Wildman–Crippen MR) is 54.4 cm³/mol. The van der Waals surface area contributed by atoms with Crippen molar-refractivity contribution >= 4 is 5.78 Å². The summed E-state index contributed by atoms with van der Waals surface area (Å²) in [5, 5.41) is 3.30. The molecule has 1 aromatic carbocycles. The lowest BCUT2D eigenvalue weighted by Gasteiger charge is -2.00. The summed E-state index contributed by atoms with van der Waals surface area (Å²) in [6.07, 6.45) is -6.11. The molecular weight excluding hydrogens is 287 g/mol. The van der Waals surface area contributed by atoms with Crippen molar-refractivity contribution in [2.45, 2.75) is 12.6 Å². The van der Waals surface area contributed by atoms with Gasteiger partial charge >= 0.3 is 6.18 Å². The minimum atomic E-state index is -5.00. The molecule has 0 radical (unpaired) electrons. The van der Waals surface area contributed by atoms with Gasteiger partial charge in [-0.25, -0.2) is 8.78 Å². The smallest absolute Gasteiger partial charge is 0.338 e. The van der Waals surface area contributed by atoms with Crippen molar-refractivity contribution in [1.82, 2.24) is 10.1 Å². The second-order valence-corrected chi connectivity index (χ2v) is 3.74. The van der Waals surface area contributed by atoms with E-state index in [4.69, 9.17) is 0 Å². The Morgan fingerprint density at radius 3 is 2.50 bits per heavy atom. The summed E-state index contributed by atoms with van der Waals surface area (Å²) >= 11 is 0. The minimum Gasteiger partial charge on any atom is -0.338 e. The molecule has 106 valence electrons. The van der Waals surface area contributed by atoms with Crippen molar-refractivity contribution in [1.29, 1.82) is 0 Å². The molecule has 0 N–H and O–H groups in total. The average Bonchev–Trinajstić information content (AvgIpc) is 2.80. The van der Waals surface area contributed by atoms with Crippen molar-refractivity contribution < 1.29 is 31.3 Å². The van der Waals surface area contributed by atoms with Gasteiger partial charge in [0, 0.05) is 5.56 Å². The second-order valence-electron chi connectivity index (χ2n) is 3.74. The summed E-state index contributed by atoms with van der Waals surface area (Å²) in [5.74, 6) is -5.11. The maximum absolute atomic E-state index is 13.0. The van der Waals surface area contributed by atoms with Crippen LogP contribution in [-0.4, -0.2) is 22.1 Å². The summed E-state index contributed by atoms with van der Waals surface area (Å²) in [4.78, 5) is 14.2. The monoisotopic (exact) mass is 292 g/mol. The molecule has 20 heavy (non-hydrogen) atoms. The highest BCUT2D eigenvalue weighted by molar-refractivity contribution is 5.85. The number of benzene rings is 1. The van der Waals surface area contributed by atoms with Crippen LogP contribution in [0.2, 0.25) is 0 Å². The largest absolute Gasteiger partial charge is 0.450 e. The van der Waals surface area contributed by atoms with E-state index in [1.54, 1.807) is 0 Å². The molecule has 0 spiro atoms. The highest BCUT2D eigenvalue weighted by Crippen LogP contribution is 2.21. The van der Waals surface area contributed by atoms with Crippen molar-refractivity contribution in [3.63, 3.8) is 0 Å². The minimum absolute atomic E-state index is 0.0124.